The van der Waals surface area contributed by atoms with Gasteiger partial charge in [0.2, 0.25) is 5.78 Å². The van der Waals surface area contributed by atoms with Gasteiger partial charge in [0.25, 0.3) is 0 Å². The van der Waals surface area contributed by atoms with Crippen LogP contribution in [0, 0.1) is 0 Å². The topological polar surface area (TPSA) is 43.4 Å². The van der Waals surface area contributed by atoms with Crippen LogP contribution in [0.5, 0.6) is 0 Å². The fourth-order valence-corrected chi connectivity index (χ4v) is 3.08. The Balaban J connectivity index is 1.49. The Labute approximate surface area is 171 Å². The second kappa shape index (κ2) is 7.93. The van der Waals surface area contributed by atoms with Gasteiger partial charge in [-0.3, -0.25) is 4.79 Å². The van der Waals surface area contributed by atoms with Crippen LogP contribution in [0.25, 0.3) is 28.7 Å². The molecule has 0 amide bonds. The number of halogens is 2. The number of benzene rings is 2. The molecule has 0 aliphatic heterocycles. The molecule has 138 valence electrons. The van der Waals surface area contributed by atoms with Gasteiger partial charge in [0.15, 0.2) is 5.76 Å². The van der Waals surface area contributed by atoms with Gasteiger partial charge in [-0.25, -0.2) is 0 Å². The second-order valence-electron chi connectivity index (χ2n) is 6.05. The van der Waals surface area contributed by atoms with Crippen molar-refractivity contribution in [2.75, 3.05) is 0 Å². The first-order valence-corrected chi connectivity index (χ1v) is 9.29. The molecule has 0 radical (unpaired) electrons. The molecule has 0 fully saturated rings. The molecule has 0 bridgehead atoms. The molecule has 2 aromatic heterocycles. The summed E-state index contributed by atoms with van der Waals surface area (Å²) in [6, 6.07) is 21.6. The number of hydrogen-bond donors (Lipinski definition) is 0. The van der Waals surface area contributed by atoms with E-state index in [0.29, 0.717) is 27.3 Å². The normalized spacial score (nSPS) is 11.2. The summed E-state index contributed by atoms with van der Waals surface area (Å²) in [7, 11) is 0. The summed E-state index contributed by atoms with van der Waals surface area (Å²) in [6.45, 7) is 0. The Bertz CT molecular complexity index is 1150. The van der Waals surface area contributed by atoms with E-state index in [2.05, 4.69) is 0 Å². The number of ketones is 1. The van der Waals surface area contributed by atoms with Crippen LogP contribution < -0.4 is 0 Å². The standard InChI is InChI=1S/C23H14Cl2O3/c24-16-7-5-15(6-8-16)21-13-14-23(28-21)20(26)11-9-17-10-12-22(27-17)18-3-1-2-4-19(18)25/h1-14H. The highest BCUT2D eigenvalue weighted by Crippen LogP contribution is 2.29. The van der Waals surface area contributed by atoms with Crippen molar-refractivity contribution in [1.82, 2.24) is 0 Å². The van der Waals surface area contributed by atoms with Crippen molar-refractivity contribution in [2.45, 2.75) is 0 Å². The zero-order valence-corrected chi connectivity index (χ0v) is 16.1. The van der Waals surface area contributed by atoms with E-state index in [4.69, 9.17) is 32.0 Å². The molecule has 0 spiro atoms. The number of carbonyl (C=O) groups is 1. The average molecular weight is 409 g/mol. The fourth-order valence-electron chi connectivity index (χ4n) is 2.73. The fraction of sp³-hybridized carbons (Fsp3) is 0. The van der Waals surface area contributed by atoms with E-state index in [1.807, 2.05) is 36.4 Å². The van der Waals surface area contributed by atoms with Crippen LogP contribution in [0.15, 0.2) is 87.7 Å². The number of carbonyl (C=O) groups excluding carboxylic acids is 1. The Morgan fingerprint density at radius 3 is 2.32 bits per heavy atom. The van der Waals surface area contributed by atoms with E-state index >= 15 is 0 Å². The lowest BCUT2D eigenvalue weighted by Crippen LogP contribution is -1.90. The third-order valence-electron chi connectivity index (χ3n) is 4.14. The Kier molecular flexibility index (Phi) is 5.20. The highest BCUT2D eigenvalue weighted by molar-refractivity contribution is 6.33. The van der Waals surface area contributed by atoms with Gasteiger partial charge in [-0.05, 0) is 72.8 Å². The van der Waals surface area contributed by atoms with Crippen molar-refractivity contribution in [3.8, 4) is 22.6 Å². The van der Waals surface area contributed by atoms with Gasteiger partial charge in [-0.2, -0.15) is 0 Å². The molecule has 0 aliphatic rings. The third-order valence-corrected chi connectivity index (χ3v) is 4.72. The van der Waals surface area contributed by atoms with Gasteiger partial charge in [-0.15, -0.1) is 0 Å². The zero-order chi connectivity index (χ0) is 19.5. The smallest absolute Gasteiger partial charge is 0.221 e. The molecule has 2 aromatic carbocycles. The average Bonchev–Trinajstić information content (AvgIpc) is 3.37. The first kappa shape index (κ1) is 18.4. The number of rotatable bonds is 5. The van der Waals surface area contributed by atoms with Crippen molar-refractivity contribution < 1.29 is 13.6 Å². The minimum atomic E-state index is -0.254. The van der Waals surface area contributed by atoms with E-state index in [-0.39, 0.29) is 11.5 Å². The van der Waals surface area contributed by atoms with Crippen molar-refractivity contribution in [1.29, 1.82) is 0 Å². The number of furan rings is 2. The van der Waals surface area contributed by atoms with Gasteiger partial charge >= 0.3 is 0 Å². The minimum Gasteiger partial charge on any atom is -0.457 e. The Morgan fingerprint density at radius 2 is 1.54 bits per heavy atom. The molecule has 28 heavy (non-hydrogen) atoms. The van der Waals surface area contributed by atoms with Crippen LogP contribution in [-0.2, 0) is 0 Å². The summed E-state index contributed by atoms with van der Waals surface area (Å²) >= 11 is 12.1. The molecule has 0 aliphatic carbocycles. The molecule has 0 N–H and O–H groups in total. The van der Waals surface area contributed by atoms with Crippen LogP contribution in [0.3, 0.4) is 0 Å². The maximum atomic E-state index is 12.4. The lowest BCUT2D eigenvalue weighted by Gasteiger charge is -1.98. The summed E-state index contributed by atoms with van der Waals surface area (Å²) in [5.74, 6) is 1.79. The lowest BCUT2D eigenvalue weighted by atomic mass is 10.2. The lowest BCUT2D eigenvalue weighted by molar-refractivity contribution is 0.102. The quantitative estimate of drug-likeness (QED) is 0.255. The summed E-state index contributed by atoms with van der Waals surface area (Å²) in [4.78, 5) is 12.4. The predicted molar refractivity (Wildman–Crippen MR) is 112 cm³/mol. The SMILES string of the molecule is O=C(C=Cc1ccc(-c2ccccc2Cl)o1)c1ccc(-c2ccc(Cl)cc2)o1. The van der Waals surface area contributed by atoms with Gasteiger partial charge in [0, 0.05) is 16.1 Å². The van der Waals surface area contributed by atoms with Gasteiger partial charge < -0.3 is 8.83 Å². The molecular formula is C23H14Cl2O3. The molecule has 4 rings (SSSR count). The van der Waals surface area contributed by atoms with Crippen molar-refractivity contribution >= 4 is 35.1 Å². The van der Waals surface area contributed by atoms with Crippen LogP contribution in [0.4, 0.5) is 0 Å². The van der Waals surface area contributed by atoms with Gasteiger partial charge in [0.1, 0.15) is 17.3 Å². The molecular weight excluding hydrogens is 395 g/mol. The summed E-state index contributed by atoms with van der Waals surface area (Å²) in [5, 5.41) is 1.25. The van der Waals surface area contributed by atoms with Crippen LogP contribution in [-0.4, -0.2) is 5.78 Å². The van der Waals surface area contributed by atoms with Crippen LogP contribution in [0.2, 0.25) is 10.0 Å². The Hall–Kier alpha value is -3.01. The molecule has 0 saturated heterocycles. The highest BCUT2D eigenvalue weighted by atomic mass is 35.5. The van der Waals surface area contributed by atoms with Crippen LogP contribution in [0.1, 0.15) is 16.3 Å². The number of hydrogen-bond acceptors (Lipinski definition) is 3. The van der Waals surface area contributed by atoms with E-state index in [1.54, 1.807) is 42.5 Å². The van der Waals surface area contributed by atoms with E-state index in [9.17, 15) is 4.79 Å². The summed E-state index contributed by atoms with van der Waals surface area (Å²) in [6.07, 6.45) is 3.02. The number of allylic oxidation sites excluding steroid dienone is 1. The maximum absolute atomic E-state index is 12.4. The van der Waals surface area contributed by atoms with E-state index in [0.717, 1.165) is 11.1 Å². The molecule has 0 saturated carbocycles. The summed E-state index contributed by atoms with van der Waals surface area (Å²) < 4.78 is 11.4. The molecule has 0 unspecified atom stereocenters. The van der Waals surface area contributed by atoms with Crippen LogP contribution >= 0.6 is 23.2 Å². The van der Waals surface area contributed by atoms with Crippen molar-refractivity contribution in [2.24, 2.45) is 0 Å². The third kappa shape index (κ3) is 3.96. The van der Waals surface area contributed by atoms with Crippen molar-refractivity contribution in [3.63, 3.8) is 0 Å². The molecule has 0 atom stereocenters. The second-order valence-corrected chi connectivity index (χ2v) is 6.89. The van der Waals surface area contributed by atoms with Gasteiger partial charge in [-0.1, -0.05) is 35.3 Å². The molecule has 2 heterocycles. The monoisotopic (exact) mass is 408 g/mol. The largest absolute Gasteiger partial charge is 0.457 e. The highest BCUT2D eigenvalue weighted by Gasteiger charge is 2.11. The molecule has 3 nitrogen and oxygen atoms in total. The van der Waals surface area contributed by atoms with E-state index in [1.165, 1.54) is 6.08 Å². The Morgan fingerprint density at radius 1 is 0.786 bits per heavy atom. The van der Waals surface area contributed by atoms with Gasteiger partial charge in [0.05, 0.1) is 5.02 Å². The molecule has 4 aromatic rings. The van der Waals surface area contributed by atoms with E-state index < -0.39 is 0 Å². The van der Waals surface area contributed by atoms with Crippen molar-refractivity contribution in [3.05, 3.63) is 100 Å². The maximum Gasteiger partial charge on any atom is 0.221 e. The zero-order valence-electron chi connectivity index (χ0n) is 14.6. The first-order valence-electron chi connectivity index (χ1n) is 8.53. The summed E-state index contributed by atoms with van der Waals surface area (Å²) in [5.41, 5.74) is 1.65. The predicted octanol–water partition coefficient (Wildman–Crippen LogP) is 7.41. The minimum absolute atomic E-state index is 0.249. The molecule has 5 heteroatoms. The first-order chi connectivity index (χ1) is 13.6.